The lowest BCUT2D eigenvalue weighted by Crippen LogP contribution is -1.96. The van der Waals surface area contributed by atoms with Gasteiger partial charge in [0.2, 0.25) is 6.79 Å². The zero-order valence-corrected chi connectivity index (χ0v) is 11.0. The molecule has 0 amide bonds. The highest BCUT2D eigenvalue weighted by atomic mass is 79.9. The molecule has 0 radical (unpaired) electrons. The molecule has 0 N–H and O–H groups in total. The first-order valence-electron chi connectivity index (χ1n) is 5.43. The Bertz CT molecular complexity index is 574. The number of pyridine rings is 1. The van der Waals surface area contributed by atoms with Crippen molar-refractivity contribution in [3.8, 4) is 17.2 Å². The lowest BCUT2D eigenvalue weighted by Gasteiger charge is -2.07. The highest BCUT2D eigenvalue weighted by molar-refractivity contribution is 9.10. The summed E-state index contributed by atoms with van der Waals surface area (Å²) in [6, 6.07) is 7.50. The summed E-state index contributed by atoms with van der Waals surface area (Å²) < 4.78 is 17.1. The van der Waals surface area contributed by atoms with Gasteiger partial charge in [-0.1, -0.05) is 0 Å². The van der Waals surface area contributed by atoms with Crippen molar-refractivity contribution >= 4 is 15.9 Å². The smallest absolute Gasteiger partial charge is 0.231 e. The Kier molecular flexibility index (Phi) is 3.06. The molecule has 3 rings (SSSR count). The van der Waals surface area contributed by atoms with Crippen LogP contribution in [0, 0.1) is 0 Å². The highest BCUT2D eigenvalue weighted by Gasteiger charge is 2.13. The van der Waals surface area contributed by atoms with Gasteiger partial charge in [0.05, 0.1) is 0 Å². The zero-order valence-electron chi connectivity index (χ0n) is 9.43. The number of nitrogens with zero attached hydrogens (tertiary/aromatic N) is 1. The summed E-state index contributed by atoms with van der Waals surface area (Å²) in [5.41, 5.74) is 1.00. The van der Waals surface area contributed by atoms with E-state index >= 15 is 0 Å². The van der Waals surface area contributed by atoms with Crippen molar-refractivity contribution < 1.29 is 14.2 Å². The van der Waals surface area contributed by atoms with Gasteiger partial charge in [0.1, 0.15) is 12.4 Å². The summed E-state index contributed by atoms with van der Waals surface area (Å²) >= 11 is 3.37. The van der Waals surface area contributed by atoms with Gasteiger partial charge < -0.3 is 14.2 Å². The van der Waals surface area contributed by atoms with Gasteiger partial charge in [0.25, 0.3) is 0 Å². The SMILES string of the molecule is Brc1cncc(COc2ccc3c(c2)OCO3)c1. The second-order valence-electron chi connectivity index (χ2n) is 3.82. The van der Waals surface area contributed by atoms with E-state index < -0.39 is 0 Å². The van der Waals surface area contributed by atoms with Crippen molar-refractivity contribution in [3.05, 3.63) is 46.7 Å². The molecule has 1 aliphatic heterocycles. The van der Waals surface area contributed by atoms with Crippen molar-refractivity contribution in [2.75, 3.05) is 6.79 Å². The summed E-state index contributed by atoms with van der Waals surface area (Å²) in [5, 5.41) is 0. The van der Waals surface area contributed by atoms with E-state index in [0.29, 0.717) is 6.61 Å². The number of hydrogen-bond donors (Lipinski definition) is 0. The minimum atomic E-state index is 0.272. The van der Waals surface area contributed by atoms with Crippen molar-refractivity contribution in [1.29, 1.82) is 0 Å². The van der Waals surface area contributed by atoms with Crippen molar-refractivity contribution in [1.82, 2.24) is 4.98 Å². The van der Waals surface area contributed by atoms with Crippen LogP contribution in [0.2, 0.25) is 0 Å². The number of halogens is 1. The van der Waals surface area contributed by atoms with E-state index in [4.69, 9.17) is 14.2 Å². The maximum absolute atomic E-state index is 5.68. The number of rotatable bonds is 3. The monoisotopic (exact) mass is 307 g/mol. The van der Waals surface area contributed by atoms with E-state index in [1.54, 1.807) is 12.4 Å². The molecule has 92 valence electrons. The van der Waals surface area contributed by atoms with Crippen LogP contribution in [-0.4, -0.2) is 11.8 Å². The lowest BCUT2D eigenvalue weighted by molar-refractivity contribution is 0.173. The molecule has 0 aliphatic carbocycles. The van der Waals surface area contributed by atoms with Gasteiger partial charge in [-0.15, -0.1) is 0 Å². The average molecular weight is 308 g/mol. The van der Waals surface area contributed by atoms with Crippen LogP contribution in [0.3, 0.4) is 0 Å². The number of aromatic nitrogens is 1. The Morgan fingerprint density at radius 1 is 1.17 bits per heavy atom. The predicted octanol–water partition coefficient (Wildman–Crippen LogP) is 3.15. The van der Waals surface area contributed by atoms with Crippen LogP contribution >= 0.6 is 15.9 Å². The van der Waals surface area contributed by atoms with Crippen LogP contribution in [-0.2, 0) is 6.61 Å². The fourth-order valence-electron chi connectivity index (χ4n) is 1.67. The molecule has 0 unspecified atom stereocenters. The molecule has 0 fully saturated rings. The van der Waals surface area contributed by atoms with Gasteiger partial charge in [0, 0.05) is 28.5 Å². The Labute approximate surface area is 113 Å². The fourth-order valence-corrected chi connectivity index (χ4v) is 2.08. The third-order valence-electron chi connectivity index (χ3n) is 2.51. The van der Waals surface area contributed by atoms with Crippen molar-refractivity contribution in [2.24, 2.45) is 0 Å². The quantitative estimate of drug-likeness (QED) is 0.873. The molecule has 5 heteroatoms. The van der Waals surface area contributed by atoms with Crippen LogP contribution in [0.4, 0.5) is 0 Å². The minimum Gasteiger partial charge on any atom is -0.489 e. The number of fused-ring (bicyclic) bond motifs is 1. The second kappa shape index (κ2) is 4.86. The van der Waals surface area contributed by atoms with E-state index in [0.717, 1.165) is 27.3 Å². The minimum absolute atomic E-state index is 0.272. The molecule has 1 aromatic carbocycles. The fraction of sp³-hybridized carbons (Fsp3) is 0.154. The first kappa shape index (κ1) is 11.3. The molecular formula is C13H10BrNO3. The number of hydrogen-bond acceptors (Lipinski definition) is 4. The van der Waals surface area contributed by atoms with E-state index in [-0.39, 0.29) is 6.79 Å². The van der Waals surface area contributed by atoms with Crippen LogP contribution < -0.4 is 14.2 Å². The molecule has 1 aliphatic rings. The molecule has 0 saturated heterocycles. The Morgan fingerprint density at radius 3 is 2.94 bits per heavy atom. The third kappa shape index (κ3) is 2.41. The van der Waals surface area contributed by atoms with Gasteiger partial charge in [-0.05, 0) is 34.1 Å². The van der Waals surface area contributed by atoms with Gasteiger partial charge >= 0.3 is 0 Å². The standard InChI is InChI=1S/C13H10BrNO3/c14-10-3-9(5-15-6-10)7-16-11-1-2-12-13(4-11)18-8-17-12/h1-6H,7-8H2. The van der Waals surface area contributed by atoms with Crippen LogP contribution in [0.25, 0.3) is 0 Å². The maximum atomic E-state index is 5.68. The van der Waals surface area contributed by atoms with Gasteiger partial charge in [-0.2, -0.15) is 0 Å². The molecule has 2 aromatic rings. The average Bonchev–Trinajstić information content (AvgIpc) is 2.84. The van der Waals surface area contributed by atoms with E-state index in [9.17, 15) is 0 Å². The molecule has 0 bridgehead atoms. The molecule has 0 saturated carbocycles. The topological polar surface area (TPSA) is 40.6 Å². The highest BCUT2D eigenvalue weighted by Crippen LogP contribution is 2.35. The first-order valence-corrected chi connectivity index (χ1v) is 6.22. The summed E-state index contributed by atoms with van der Waals surface area (Å²) in [7, 11) is 0. The molecule has 1 aromatic heterocycles. The van der Waals surface area contributed by atoms with Crippen LogP contribution in [0.1, 0.15) is 5.56 Å². The summed E-state index contributed by atoms with van der Waals surface area (Å²) in [4.78, 5) is 4.08. The summed E-state index contributed by atoms with van der Waals surface area (Å²) in [5.74, 6) is 2.23. The van der Waals surface area contributed by atoms with Gasteiger partial charge in [0.15, 0.2) is 11.5 Å². The van der Waals surface area contributed by atoms with Crippen molar-refractivity contribution in [2.45, 2.75) is 6.61 Å². The Hall–Kier alpha value is -1.75. The van der Waals surface area contributed by atoms with E-state index in [2.05, 4.69) is 20.9 Å². The van der Waals surface area contributed by atoms with E-state index in [1.165, 1.54) is 0 Å². The number of ether oxygens (including phenoxy) is 3. The third-order valence-corrected chi connectivity index (χ3v) is 2.94. The largest absolute Gasteiger partial charge is 0.489 e. The molecule has 0 spiro atoms. The normalized spacial score (nSPS) is 12.5. The molecular weight excluding hydrogens is 298 g/mol. The zero-order chi connectivity index (χ0) is 12.4. The molecule has 0 atom stereocenters. The van der Waals surface area contributed by atoms with Crippen molar-refractivity contribution in [3.63, 3.8) is 0 Å². The Balaban J connectivity index is 1.70. The molecule has 18 heavy (non-hydrogen) atoms. The first-order chi connectivity index (χ1) is 8.81. The molecule has 4 nitrogen and oxygen atoms in total. The van der Waals surface area contributed by atoms with Gasteiger partial charge in [-0.3, -0.25) is 4.98 Å². The molecule has 2 heterocycles. The maximum Gasteiger partial charge on any atom is 0.231 e. The van der Waals surface area contributed by atoms with Crippen LogP contribution in [0.5, 0.6) is 17.2 Å². The predicted molar refractivity (Wildman–Crippen MR) is 68.8 cm³/mol. The summed E-state index contributed by atoms with van der Waals surface area (Å²) in [6.45, 7) is 0.737. The lowest BCUT2D eigenvalue weighted by atomic mass is 10.3. The van der Waals surface area contributed by atoms with Crippen LogP contribution in [0.15, 0.2) is 41.1 Å². The summed E-state index contributed by atoms with van der Waals surface area (Å²) in [6.07, 6.45) is 3.52. The van der Waals surface area contributed by atoms with Gasteiger partial charge in [-0.25, -0.2) is 0 Å². The second-order valence-corrected chi connectivity index (χ2v) is 4.73. The Morgan fingerprint density at radius 2 is 2.06 bits per heavy atom. The van der Waals surface area contributed by atoms with E-state index in [1.807, 2.05) is 24.3 Å². The number of benzene rings is 1.